The molecule has 0 radical (unpaired) electrons. The van der Waals surface area contributed by atoms with E-state index in [9.17, 15) is 13.2 Å². The molecular weight excluding hydrogens is 432 g/mol. The molecule has 0 fully saturated rings. The number of hydrogen-bond acceptors (Lipinski definition) is 4. The molecule has 6 nitrogen and oxygen atoms in total. The highest BCUT2D eigenvalue weighted by atomic mass is 79.9. The van der Waals surface area contributed by atoms with Crippen LogP contribution in [-0.2, 0) is 10.0 Å². The van der Waals surface area contributed by atoms with E-state index in [1.54, 1.807) is 20.2 Å². The van der Waals surface area contributed by atoms with Crippen LogP contribution >= 0.6 is 27.5 Å². The minimum atomic E-state index is -4.01. The summed E-state index contributed by atoms with van der Waals surface area (Å²) < 4.78 is 33.7. The summed E-state index contributed by atoms with van der Waals surface area (Å²) >= 11 is 9.21. The van der Waals surface area contributed by atoms with Crippen molar-refractivity contribution in [1.29, 1.82) is 0 Å². The highest BCUT2D eigenvalue weighted by Gasteiger charge is 2.23. The lowest BCUT2D eigenvalue weighted by Gasteiger charge is -2.17. The van der Waals surface area contributed by atoms with Gasteiger partial charge in [-0.2, -0.15) is 0 Å². The third-order valence-electron chi connectivity index (χ3n) is 3.28. The van der Waals surface area contributed by atoms with Gasteiger partial charge < -0.3 is 9.64 Å². The Balaban J connectivity index is 2.54. The molecule has 0 aliphatic rings. The van der Waals surface area contributed by atoms with E-state index in [0.717, 1.165) is 0 Å². The molecule has 9 heteroatoms. The molecule has 1 amide bonds. The Kier molecular flexibility index (Phi) is 5.97. The molecule has 0 heterocycles. The van der Waals surface area contributed by atoms with Gasteiger partial charge in [0.15, 0.2) is 0 Å². The number of hydrogen-bond donors (Lipinski definition) is 1. The van der Waals surface area contributed by atoms with Gasteiger partial charge in [-0.15, -0.1) is 0 Å². The van der Waals surface area contributed by atoms with Crippen molar-refractivity contribution >= 4 is 49.1 Å². The van der Waals surface area contributed by atoms with Crippen molar-refractivity contribution in [3.8, 4) is 5.75 Å². The van der Waals surface area contributed by atoms with Crippen molar-refractivity contribution in [3.05, 3.63) is 51.5 Å². The maximum absolute atomic E-state index is 12.8. The number of anilines is 1. The van der Waals surface area contributed by atoms with E-state index >= 15 is 0 Å². The fourth-order valence-electron chi connectivity index (χ4n) is 2.09. The lowest BCUT2D eigenvalue weighted by Crippen LogP contribution is -2.24. The minimum absolute atomic E-state index is 0.0624. The summed E-state index contributed by atoms with van der Waals surface area (Å²) in [6.07, 6.45) is 0. The van der Waals surface area contributed by atoms with Gasteiger partial charge in [0.1, 0.15) is 10.6 Å². The first-order valence-electron chi connectivity index (χ1n) is 7.03. The van der Waals surface area contributed by atoms with Crippen molar-refractivity contribution in [2.24, 2.45) is 0 Å². The molecule has 0 unspecified atom stereocenters. The molecule has 2 rings (SSSR count). The Labute approximate surface area is 159 Å². The Bertz CT molecular complexity index is 916. The molecule has 1 N–H and O–H groups in total. The maximum atomic E-state index is 12.8. The van der Waals surface area contributed by atoms with Crippen LogP contribution in [0.3, 0.4) is 0 Å². The normalized spacial score (nSPS) is 11.1. The summed E-state index contributed by atoms with van der Waals surface area (Å²) in [5, 5.41) is 0.300. The van der Waals surface area contributed by atoms with Gasteiger partial charge in [-0.3, -0.25) is 9.52 Å². The predicted molar refractivity (Wildman–Crippen MR) is 101 cm³/mol. The van der Waals surface area contributed by atoms with Gasteiger partial charge >= 0.3 is 0 Å². The standard InChI is InChI=1S/C16H16BrClN2O4S/c1-20(2)16(21)12-6-5-11(18)9-13(12)19-25(22,23)15-8-10(17)4-7-14(15)24-3/h4-9,19H,1-3H3. The Morgan fingerprint density at radius 3 is 2.48 bits per heavy atom. The summed E-state index contributed by atoms with van der Waals surface area (Å²) in [5.74, 6) is -0.172. The molecule has 0 atom stereocenters. The number of sulfonamides is 1. The molecular formula is C16H16BrClN2O4S. The van der Waals surface area contributed by atoms with Crippen LogP contribution in [0.2, 0.25) is 5.02 Å². The van der Waals surface area contributed by atoms with Crippen molar-refractivity contribution in [2.45, 2.75) is 4.90 Å². The van der Waals surface area contributed by atoms with E-state index in [4.69, 9.17) is 16.3 Å². The van der Waals surface area contributed by atoms with E-state index < -0.39 is 10.0 Å². The number of nitrogens with one attached hydrogen (secondary N) is 1. The number of carbonyl (C=O) groups excluding carboxylic acids is 1. The van der Waals surface area contributed by atoms with Crippen molar-refractivity contribution in [3.63, 3.8) is 0 Å². The first kappa shape index (κ1) is 19.6. The third kappa shape index (κ3) is 4.45. The van der Waals surface area contributed by atoms with E-state index in [-0.39, 0.29) is 27.8 Å². The van der Waals surface area contributed by atoms with Gasteiger partial charge in [0, 0.05) is 23.6 Å². The molecule has 134 valence electrons. The molecule has 0 spiro atoms. The molecule has 25 heavy (non-hydrogen) atoms. The molecule has 0 saturated heterocycles. The SMILES string of the molecule is COc1ccc(Br)cc1S(=O)(=O)Nc1cc(Cl)ccc1C(=O)N(C)C. The minimum Gasteiger partial charge on any atom is -0.495 e. The molecule has 0 aromatic heterocycles. The van der Waals surface area contributed by atoms with Crippen LogP contribution in [0.15, 0.2) is 45.8 Å². The van der Waals surface area contributed by atoms with Gasteiger partial charge in [-0.1, -0.05) is 27.5 Å². The van der Waals surface area contributed by atoms with Crippen LogP contribution in [-0.4, -0.2) is 40.4 Å². The molecule has 2 aromatic rings. The number of benzene rings is 2. The monoisotopic (exact) mass is 446 g/mol. The second-order valence-electron chi connectivity index (χ2n) is 5.29. The Morgan fingerprint density at radius 2 is 1.88 bits per heavy atom. The van der Waals surface area contributed by atoms with E-state index in [1.165, 1.54) is 42.3 Å². The summed E-state index contributed by atoms with van der Waals surface area (Å²) in [7, 11) is 0.518. The smallest absolute Gasteiger partial charge is 0.265 e. The van der Waals surface area contributed by atoms with Crippen LogP contribution in [0.25, 0.3) is 0 Å². The highest BCUT2D eigenvalue weighted by Crippen LogP contribution is 2.31. The fourth-order valence-corrected chi connectivity index (χ4v) is 4.04. The molecule has 0 aliphatic heterocycles. The van der Waals surface area contributed by atoms with Gasteiger partial charge in [-0.05, 0) is 36.4 Å². The Morgan fingerprint density at radius 1 is 1.20 bits per heavy atom. The lowest BCUT2D eigenvalue weighted by molar-refractivity contribution is 0.0828. The number of ether oxygens (including phenoxy) is 1. The van der Waals surface area contributed by atoms with Crippen LogP contribution < -0.4 is 9.46 Å². The molecule has 2 aromatic carbocycles. The maximum Gasteiger partial charge on any atom is 0.265 e. The first-order valence-corrected chi connectivity index (χ1v) is 9.68. The molecule has 0 bridgehead atoms. The summed E-state index contributed by atoms with van der Waals surface area (Å²) in [4.78, 5) is 13.6. The van der Waals surface area contributed by atoms with Crippen LogP contribution in [0, 0.1) is 0 Å². The molecule has 0 aliphatic carbocycles. The number of amides is 1. The molecule has 0 saturated carbocycles. The van der Waals surface area contributed by atoms with Crippen molar-refractivity contribution in [1.82, 2.24) is 4.90 Å². The fraction of sp³-hybridized carbons (Fsp3) is 0.188. The predicted octanol–water partition coefficient (Wildman–Crippen LogP) is 3.61. The summed E-state index contributed by atoms with van der Waals surface area (Å²) in [6, 6.07) is 9.00. The van der Waals surface area contributed by atoms with Gasteiger partial charge in [-0.25, -0.2) is 8.42 Å². The van der Waals surface area contributed by atoms with Crippen LogP contribution in [0.1, 0.15) is 10.4 Å². The van der Waals surface area contributed by atoms with E-state index in [1.807, 2.05) is 0 Å². The van der Waals surface area contributed by atoms with Crippen LogP contribution in [0.4, 0.5) is 5.69 Å². The van der Waals surface area contributed by atoms with Crippen molar-refractivity contribution in [2.75, 3.05) is 25.9 Å². The van der Waals surface area contributed by atoms with Crippen LogP contribution in [0.5, 0.6) is 5.75 Å². The van der Waals surface area contributed by atoms with Gasteiger partial charge in [0.25, 0.3) is 15.9 Å². The zero-order valence-electron chi connectivity index (χ0n) is 13.7. The third-order valence-corrected chi connectivity index (χ3v) is 5.39. The summed E-state index contributed by atoms with van der Waals surface area (Å²) in [6.45, 7) is 0. The lowest BCUT2D eigenvalue weighted by atomic mass is 10.1. The Hall–Kier alpha value is -1.77. The average molecular weight is 448 g/mol. The number of nitrogens with zero attached hydrogens (tertiary/aromatic N) is 1. The second-order valence-corrected chi connectivity index (χ2v) is 8.29. The quantitative estimate of drug-likeness (QED) is 0.760. The number of carbonyl (C=O) groups is 1. The number of rotatable bonds is 5. The topological polar surface area (TPSA) is 75.7 Å². The van der Waals surface area contributed by atoms with E-state index in [2.05, 4.69) is 20.7 Å². The van der Waals surface area contributed by atoms with Crippen molar-refractivity contribution < 1.29 is 17.9 Å². The number of methoxy groups -OCH3 is 1. The largest absolute Gasteiger partial charge is 0.495 e. The number of halogens is 2. The van der Waals surface area contributed by atoms with Gasteiger partial charge in [0.05, 0.1) is 18.4 Å². The zero-order valence-corrected chi connectivity index (χ0v) is 16.9. The zero-order chi connectivity index (χ0) is 18.8. The summed E-state index contributed by atoms with van der Waals surface area (Å²) in [5.41, 5.74) is 0.278. The highest BCUT2D eigenvalue weighted by molar-refractivity contribution is 9.10. The first-order chi connectivity index (χ1) is 11.7. The van der Waals surface area contributed by atoms with E-state index in [0.29, 0.717) is 9.50 Å². The average Bonchev–Trinajstić information content (AvgIpc) is 2.54. The second kappa shape index (κ2) is 7.63. The van der Waals surface area contributed by atoms with Gasteiger partial charge in [0.2, 0.25) is 0 Å².